The molecule has 0 radical (unpaired) electrons. The van der Waals surface area contributed by atoms with E-state index < -0.39 is 0 Å². The molecule has 134 valence electrons. The highest BCUT2D eigenvalue weighted by Gasteiger charge is 2.15. The number of carbonyl (C=O) groups is 1. The summed E-state index contributed by atoms with van der Waals surface area (Å²) in [6.07, 6.45) is 0. The van der Waals surface area contributed by atoms with E-state index in [1.54, 1.807) is 42.5 Å². The van der Waals surface area contributed by atoms with Crippen molar-refractivity contribution in [3.05, 3.63) is 81.3 Å². The summed E-state index contributed by atoms with van der Waals surface area (Å²) in [5, 5.41) is 3.87. The van der Waals surface area contributed by atoms with Gasteiger partial charge in [-0.2, -0.15) is 0 Å². The van der Waals surface area contributed by atoms with Crippen molar-refractivity contribution in [3.63, 3.8) is 0 Å². The van der Waals surface area contributed by atoms with Gasteiger partial charge in [-0.25, -0.2) is 4.98 Å². The van der Waals surface area contributed by atoms with Gasteiger partial charge in [0.15, 0.2) is 5.58 Å². The predicted molar refractivity (Wildman–Crippen MR) is 109 cm³/mol. The van der Waals surface area contributed by atoms with Gasteiger partial charge in [-0.3, -0.25) is 4.79 Å². The topological polar surface area (TPSA) is 55.1 Å². The van der Waals surface area contributed by atoms with Crippen LogP contribution in [0.2, 0.25) is 15.1 Å². The zero-order chi connectivity index (χ0) is 19.0. The number of oxazole rings is 1. The van der Waals surface area contributed by atoms with Crippen molar-refractivity contribution < 1.29 is 9.21 Å². The molecule has 0 bridgehead atoms. The molecule has 4 rings (SSSR count). The second-order valence-electron chi connectivity index (χ2n) is 5.74. The molecule has 1 amide bonds. The van der Waals surface area contributed by atoms with Crippen LogP contribution < -0.4 is 5.32 Å². The zero-order valence-corrected chi connectivity index (χ0v) is 15.9. The minimum atomic E-state index is -0.364. The van der Waals surface area contributed by atoms with Crippen LogP contribution in [0, 0.1) is 0 Å². The Morgan fingerprint density at radius 1 is 0.926 bits per heavy atom. The van der Waals surface area contributed by atoms with Gasteiger partial charge in [0.1, 0.15) is 5.52 Å². The molecule has 3 aromatic carbocycles. The number of amides is 1. The van der Waals surface area contributed by atoms with Crippen molar-refractivity contribution in [1.82, 2.24) is 4.98 Å². The minimum absolute atomic E-state index is 0.209. The lowest BCUT2D eigenvalue weighted by Crippen LogP contribution is -2.12. The van der Waals surface area contributed by atoms with Crippen molar-refractivity contribution >= 4 is 57.5 Å². The second kappa shape index (κ2) is 7.24. The fraction of sp³-hybridized carbons (Fsp3) is 0. The van der Waals surface area contributed by atoms with E-state index in [0.29, 0.717) is 43.9 Å². The average molecular weight is 418 g/mol. The fourth-order valence-corrected chi connectivity index (χ4v) is 3.24. The molecule has 0 atom stereocenters. The number of carbonyl (C=O) groups excluding carboxylic acids is 1. The Hall–Kier alpha value is -2.53. The number of fused-ring (bicyclic) bond motifs is 1. The number of rotatable bonds is 3. The molecule has 0 aliphatic heterocycles. The number of aromatic nitrogens is 1. The lowest BCUT2D eigenvalue weighted by molar-refractivity contribution is 0.102. The molecule has 4 nitrogen and oxygen atoms in total. The lowest BCUT2D eigenvalue weighted by Gasteiger charge is -2.07. The molecule has 27 heavy (non-hydrogen) atoms. The number of halogens is 3. The van der Waals surface area contributed by atoms with Crippen molar-refractivity contribution in [1.29, 1.82) is 0 Å². The first kappa shape index (κ1) is 17.9. The standard InChI is InChI=1S/C20H11Cl3N2O2/c21-14-6-2-1-4-12(14)20-25-16-10-11(8-9-17(16)27-20)24-19(26)13-5-3-7-15(22)18(13)23/h1-10H,(H,24,26). The molecule has 0 aliphatic rings. The van der Waals surface area contributed by atoms with E-state index in [1.165, 1.54) is 0 Å². The zero-order valence-electron chi connectivity index (χ0n) is 13.7. The van der Waals surface area contributed by atoms with Gasteiger partial charge in [0.2, 0.25) is 5.89 Å². The Balaban J connectivity index is 1.65. The first-order valence-electron chi connectivity index (χ1n) is 7.94. The number of hydrogen-bond donors (Lipinski definition) is 1. The third kappa shape index (κ3) is 3.52. The summed E-state index contributed by atoms with van der Waals surface area (Å²) >= 11 is 18.3. The molecule has 0 aliphatic carbocycles. The van der Waals surface area contributed by atoms with E-state index in [9.17, 15) is 4.79 Å². The van der Waals surface area contributed by atoms with Gasteiger partial charge in [-0.05, 0) is 42.5 Å². The van der Waals surface area contributed by atoms with Crippen LogP contribution in [0.25, 0.3) is 22.6 Å². The molecule has 1 N–H and O–H groups in total. The van der Waals surface area contributed by atoms with Gasteiger partial charge >= 0.3 is 0 Å². The molecule has 4 aromatic rings. The normalized spacial score (nSPS) is 10.9. The van der Waals surface area contributed by atoms with Gasteiger partial charge in [0.05, 0.1) is 26.2 Å². The summed E-state index contributed by atoms with van der Waals surface area (Å²) in [5.41, 5.74) is 2.74. The maximum Gasteiger partial charge on any atom is 0.257 e. The van der Waals surface area contributed by atoms with Crippen LogP contribution in [0.4, 0.5) is 5.69 Å². The number of hydrogen-bond acceptors (Lipinski definition) is 3. The van der Waals surface area contributed by atoms with Crippen LogP contribution in [0.1, 0.15) is 10.4 Å². The summed E-state index contributed by atoms with van der Waals surface area (Å²) in [7, 11) is 0. The van der Waals surface area contributed by atoms with E-state index in [-0.39, 0.29) is 10.9 Å². The Labute approximate surface area is 169 Å². The van der Waals surface area contributed by atoms with E-state index in [1.807, 2.05) is 18.2 Å². The number of nitrogens with one attached hydrogen (secondary N) is 1. The van der Waals surface area contributed by atoms with Gasteiger partial charge in [-0.1, -0.05) is 53.0 Å². The van der Waals surface area contributed by atoms with Crippen LogP contribution in [0.5, 0.6) is 0 Å². The molecule has 0 spiro atoms. The summed E-state index contributed by atoms with van der Waals surface area (Å²) in [4.78, 5) is 16.9. The Morgan fingerprint density at radius 2 is 1.70 bits per heavy atom. The van der Waals surface area contributed by atoms with Gasteiger partial charge in [0.25, 0.3) is 5.91 Å². The molecular formula is C20H11Cl3N2O2. The highest BCUT2D eigenvalue weighted by atomic mass is 35.5. The molecule has 0 saturated heterocycles. The van der Waals surface area contributed by atoms with E-state index in [4.69, 9.17) is 39.2 Å². The highest BCUT2D eigenvalue weighted by molar-refractivity contribution is 6.44. The fourth-order valence-electron chi connectivity index (χ4n) is 2.63. The Bertz CT molecular complexity index is 1170. The highest BCUT2D eigenvalue weighted by Crippen LogP contribution is 2.31. The average Bonchev–Trinajstić information content (AvgIpc) is 3.07. The summed E-state index contributed by atoms with van der Waals surface area (Å²) in [6, 6.07) is 17.4. The van der Waals surface area contributed by atoms with E-state index in [0.717, 1.165) is 0 Å². The van der Waals surface area contributed by atoms with Crippen LogP contribution in [-0.4, -0.2) is 10.9 Å². The molecular weight excluding hydrogens is 407 g/mol. The van der Waals surface area contributed by atoms with Crippen molar-refractivity contribution in [2.75, 3.05) is 5.32 Å². The van der Waals surface area contributed by atoms with Crippen LogP contribution >= 0.6 is 34.8 Å². The Kier molecular flexibility index (Phi) is 4.79. The van der Waals surface area contributed by atoms with Gasteiger partial charge in [0, 0.05) is 5.69 Å². The first-order chi connectivity index (χ1) is 13.0. The summed E-state index contributed by atoms with van der Waals surface area (Å²) in [5.74, 6) is 0.0497. The number of anilines is 1. The van der Waals surface area contributed by atoms with Crippen molar-refractivity contribution in [3.8, 4) is 11.5 Å². The maximum atomic E-state index is 12.5. The number of benzene rings is 3. The molecule has 0 saturated carbocycles. The molecule has 0 unspecified atom stereocenters. The first-order valence-corrected chi connectivity index (χ1v) is 9.07. The van der Waals surface area contributed by atoms with Gasteiger partial charge < -0.3 is 9.73 Å². The lowest BCUT2D eigenvalue weighted by atomic mass is 10.2. The van der Waals surface area contributed by atoms with Crippen molar-refractivity contribution in [2.45, 2.75) is 0 Å². The van der Waals surface area contributed by atoms with Crippen LogP contribution in [0.15, 0.2) is 65.1 Å². The largest absolute Gasteiger partial charge is 0.436 e. The van der Waals surface area contributed by atoms with Gasteiger partial charge in [-0.15, -0.1) is 0 Å². The SMILES string of the molecule is O=C(Nc1ccc2oc(-c3ccccc3Cl)nc2c1)c1cccc(Cl)c1Cl. The molecule has 1 aromatic heterocycles. The Morgan fingerprint density at radius 3 is 2.52 bits per heavy atom. The predicted octanol–water partition coefficient (Wildman–Crippen LogP) is 6.71. The maximum absolute atomic E-state index is 12.5. The monoisotopic (exact) mass is 416 g/mol. The third-order valence-electron chi connectivity index (χ3n) is 3.95. The van der Waals surface area contributed by atoms with Crippen molar-refractivity contribution in [2.24, 2.45) is 0 Å². The van der Waals surface area contributed by atoms with E-state index >= 15 is 0 Å². The van der Waals surface area contributed by atoms with E-state index in [2.05, 4.69) is 10.3 Å². The molecule has 7 heteroatoms. The third-order valence-corrected chi connectivity index (χ3v) is 5.09. The quantitative estimate of drug-likeness (QED) is 0.403. The number of nitrogens with zero attached hydrogens (tertiary/aromatic N) is 1. The smallest absolute Gasteiger partial charge is 0.257 e. The molecule has 1 heterocycles. The molecule has 0 fully saturated rings. The summed E-state index contributed by atoms with van der Waals surface area (Å²) in [6.45, 7) is 0. The van der Waals surface area contributed by atoms with Crippen LogP contribution in [-0.2, 0) is 0 Å². The minimum Gasteiger partial charge on any atom is -0.436 e. The van der Waals surface area contributed by atoms with Crippen LogP contribution in [0.3, 0.4) is 0 Å². The second-order valence-corrected chi connectivity index (χ2v) is 6.93. The summed E-state index contributed by atoms with van der Waals surface area (Å²) < 4.78 is 5.77.